The Morgan fingerprint density at radius 2 is 1.02 bits per heavy atom. The monoisotopic (exact) mass is 536 g/mol. The van der Waals surface area contributed by atoms with Crippen LogP contribution in [0.1, 0.15) is 0 Å². The molecule has 0 unspecified atom stereocenters. The van der Waals surface area contributed by atoms with E-state index in [9.17, 15) is 0 Å². The zero-order chi connectivity index (χ0) is 27.6. The molecule has 0 radical (unpaired) electrons. The largest absolute Gasteiger partial charge is 0.292 e. The van der Waals surface area contributed by atoms with Crippen molar-refractivity contribution in [2.45, 2.75) is 0 Å². The SMILES string of the molecule is c1ccc(-n2c(-c3ccc(-c4ccc5c6ccccc6c6nc7ccccc7n6c5c4)cc3)nc3ccccc32)cc1. The number of hydrogen-bond acceptors (Lipinski definition) is 2. The molecule has 0 saturated carbocycles. The van der Waals surface area contributed by atoms with Crippen LogP contribution in [0.25, 0.3) is 77.6 Å². The van der Waals surface area contributed by atoms with E-state index >= 15 is 0 Å². The van der Waals surface area contributed by atoms with Gasteiger partial charge in [0.2, 0.25) is 0 Å². The molecular formula is C38H24N4. The lowest BCUT2D eigenvalue weighted by atomic mass is 9.99. The summed E-state index contributed by atoms with van der Waals surface area (Å²) >= 11 is 0. The van der Waals surface area contributed by atoms with Gasteiger partial charge in [0.25, 0.3) is 0 Å². The van der Waals surface area contributed by atoms with Crippen molar-refractivity contribution in [3.8, 4) is 28.2 Å². The molecule has 4 heteroatoms. The van der Waals surface area contributed by atoms with E-state index < -0.39 is 0 Å². The average molecular weight is 537 g/mol. The van der Waals surface area contributed by atoms with Gasteiger partial charge in [0.15, 0.2) is 0 Å². The Morgan fingerprint density at radius 3 is 1.83 bits per heavy atom. The van der Waals surface area contributed by atoms with Gasteiger partial charge in [-0.1, -0.05) is 103 Å². The minimum Gasteiger partial charge on any atom is -0.292 e. The first-order valence-electron chi connectivity index (χ1n) is 14.2. The third-order valence-electron chi connectivity index (χ3n) is 8.31. The highest BCUT2D eigenvalue weighted by Gasteiger charge is 2.16. The summed E-state index contributed by atoms with van der Waals surface area (Å²) in [5.41, 5.74) is 10.9. The lowest BCUT2D eigenvalue weighted by molar-refractivity contribution is 1.10. The molecule has 9 aromatic rings. The fourth-order valence-electron chi connectivity index (χ4n) is 6.36. The lowest BCUT2D eigenvalue weighted by Gasteiger charge is -2.12. The molecule has 0 saturated heterocycles. The molecule has 3 heterocycles. The lowest BCUT2D eigenvalue weighted by Crippen LogP contribution is -1.97. The van der Waals surface area contributed by atoms with Crippen molar-refractivity contribution >= 4 is 49.4 Å². The Bertz CT molecular complexity index is 2450. The van der Waals surface area contributed by atoms with Gasteiger partial charge in [0, 0.05) is 22.0 Å². The van der Waals surface area contributed by atoms with Crippen LogP contribution < -0.4 is 0 Å². The first kappa shape index (κ1) is 23.0. The molecule has 42 heavy (non-hydrogen) atoms. The molecule has 0 N–H and O–H groups in total. The number of pyridine rings is 1. The molecule has 0 aliphatic rings. The maximum absolute atomic E-state index is 5.05. The number of imidazole rings is 2. The number of benzene rings is 6. The van der Waals surface area contributed by atoms with Gasteiger partial charge in [-0.3, -0.25) is 8.97 Å². The summed E-state index contributed by atoms with van der Waals surface area (Å²) < 4.78 is 4.56. The van der Waals surface area contributed by atoms with Crippen molar-refractivity contribution in [2.24, 2.45) is 0 Å². The molecule has 3 aromatic heterocycles. The Hall–Kier alpha value is -5.74. The zero-order valence-corrected chi connectivity index (χ0v) is 22.6. The van der Waals surface area contributed by atoms with E-state index in [2.05, 4.69) is 142 Å². The molecule has 4 nitrogen and oxygen atoms in total. The molecular weight excluding hydrogens is 512 g/mol. The van der Waals surface area contributed by atoms with Crippen LogP contribution in [0.15, 0.2) is 146 Å². The molecule has 6 aromatic carbocycles. The van der Waals surface area contributed by atoms with Crippen LogP contribution in [-0.2, 0) is 0 Å². The zero-order valence-electron chi connectivity index (χ0n) is 22.6. The van der Waals surface area contributed by atoms with Crippen LogP contribution in [0.5, 0.6) is 0 Å². The van der Waals surface area contributed by atoms with Gasteiger partial charge in [-0.05, 0) is 59.0 Å². The standard InChI is InChI=1S/C38H24N4/c1-2-10-28(11-3-1)41-34-16-8-6-14-32(34)39-37(41)26-20-18-25(19-21-26)27-22-23-30-29-12-4-5-13-31(29)38-40-33-15-7-9-17-35(33)42(38)36(30)24-27/h1-24H. The maximum atomic E-state index is 5.05. The maximum Gasteiger partial charge on any atom is 0.146 e. The van der Waals surface area contributed by atoms with Crippen LogP contribution in [0.3, 0.4) is 0 Å². The summed E-state index contributed by atoms with van der Waals surface area (Å²) in [6.45, 7) is 0. The topological polar surface area (TPSA) is 35.1 Å². The van der Waals surface area contributed by atoms with E-state index in [0.29, 0.717) is 0 Å². The molecule has 0 atom stereocenters. The summed E-state index contributed by atoms with van der Waals surface area (Å²) in [4.78, 5) is 10.1. The number of fused-ring (bicyclic) bond motifs is 9. The predicted molar refractivity (Wildman–Crippen MR) is 173 cm³/mol. The minimum atomic E-state index is 0.936. The van der Waals surface area contributed by atoms with E-state index in [0.717, 1.165) is 55.9 Å². The highest BCUT2D eigenvalue weighted by Crippen LogP contribution is 2.35. The molecule has 0 bridgehead atoms. The van der Waals surface area contributed by atoms with Gasteiger partial charge in [-0.15, -0.1) is 0 Å². The van der Waals surface area contributed by atoms with Crippen molar-refractivity contribution in [3.05, 3.63) is 146 Å². The van der Waals surface area contributed by atoms with Crippen molar-refractivity contribution in [1.82, 2.24) is 18.9 Å². The van der Waals surface area contributed by atoms with Gasteiger partial charge < -0.3 is 0 Å². The Morgan fingerprint density at radius 1 is 0.405 bits per heavy atom. The fraction of sp³-hybridized carbons (Fsp3) is 0. The van der Waals surface area contributed by atoms with E-state index in [1.807, 2.05) is 12.1 Å². The van der Waals surface area contributed by atoms with Crippen LogP contribution in [-0.4, -0.2) is 18.9 Å². The number of nitrogens with zero attached hydrogens (tertiary/aromatic N) is 4. The number of aromatic nitrogens is 4. The van der Waals surface area contributed by atoms with Crippen LogP contribution >= 0.6 is 0 Å². The smallest absolute Gasteiger partial charge is 0.146 e. The molecule has 9 rings (SSSR count). The van der Waals surface area contributed by atoms with Crippen LogP contribution in [0.4, 0.5) is 0 Å². The third kappa shape index (κ3) is 3.36. The molecule has 0 fully saturated rings. The molecule has 0 aliphatic carbocycles. The molecule has 0 amide bonds. The summed E-state index contributed by atoms with van der Waals surface area (Å²) in [7, 11) is 0. The van der Waals surface area contributed by atoms with Crippen molar-refractivity contribution in [3.63, 3.8) is 0 Å². The minimum absolute atomic E-state index is 0.936. The summed E-state index contributed by atoms with van der Waals surface area (Å²) in [6.07, 6.45) is 0. The van der Waals surface area contributed by atoms with Crippen molar-refractivity contribution in [1.29, 1.82) is 0 Å². The highest BCUT2D eigenvalue weighted by molar-refractivity contribution is 6.14. The third-order valence-corrected chi connectivity index (χ3v) is 8.31. The van der Waals surface area contributed by atoms with Gasteiger partial charge in [-0.25, -0.2) is 9.97 Å². The van der Waals surface area contributed by atoms with Crippen LogP contribution in [0, 0.1) is 0 Å². The van der Waals surface area contributed by atoms with Gasteiger partial charge in [-0.2, -0.15) is 0 Å². The van der Waals surface area contributed by atoms with Gasteiger partial charge in [0.05, 0.1) is 27.6 Å². The van der Waals surface area contributed by atoms with E-state index in [1.165, 1.54) is 21.7 Å². The Balaban J connectivity index is 1.22. The van der Waals surface area contributed by atoms with Crippen molar-refractivity contribution < 1.29 is 0 Å². The summed E-state index contributed by atoms with van der Waals surface area (Å²) in [5, 5.41) is 3.61. The second-order valence-electron chi connectivity index (χ2n) is 10.7. The second-order valence-corrected chi connectivity index (χ2v) is 10.7. The summed E-state index contributed by atoms with van der Waals surface area (Å²) in [5.74, 6) is 0.936. The fourth-order valence-corrected chi connectivity index (χ4v) is 6.36. The highest BCUT2D eigenvalue weighted by atomic mass is 15.1. The first-order valence-corrected chi connectivity index (χ1v) is 14.2. The van der Waals surface area contributed by atoms with E-state index in [4.69, 9.17) is 9.97 Å². The van der Waals surface area contributed by atoms with Crippen LogP contribution in [0.2, 0.25) is 0 Å². The Kier molecular flexibility index (Phi) is 4.87. The molecule has 0 spiro atoms. The second kappa shape index (κ2) is 8.88. The van der Waals surface area contributed by atoms with Gasteiger partial charge in [0.1, 0.15) is 11.5 Å². The molecule has 196 valence electrons. The quantitative estimate of drug-likeness (QED) is 0.211. The normalized spacial score (nSPS) is 11.8. The predicted octanol–water partition coefficient (Wildman–Crippen LogP) is 9.47. The summed E-state index contributed by atoms with van der Waals surface area (Å²) in [6, 6.07) is 51.3. The average Bonchev–Trinajstić information content (AvgIpc) is 3.65. The van der Waals surface area contributed by atoms with E-state index in [1.54, 1.807) is 0 Å². The van der Waals surface area contributed by atoms with E-state index in [-0.39, 0.29) is 0 Å². The molecule has 0 aliphatic heterocycles. The number of rotatable bonds is 3. The number of hydrogen-bond donors (Lipinski definition) is 0. The Labute approximate surface area is 241 Å². The van der Waals surface area contributed by atoms with Gasteiger partial charge >= 0.3 is 0 Å². The number of para-hydroxylation sites is 5. The first-order chi connectivity index (χ1) is 20.8. The van der Waals surface area contributed by atoms with Crippen molar-refractivity contribution in [2.75, 3.05) is 0 Å².